The molecule has 0 unspecified atom stereocenters. The van der Waals surface area contributed by atoms with Gasteiger partial charge in [0.25, 0.3) is 0 Å². The average Bonchev–Trinajstić information content (AvgIpc) is 3.17. The van der Waals surface area contributed by atoms with E-state index in [0.717, 1.165) is 24.1 Å². The van der Waals surface area contributed by atoms with Gasteiger partial charge in [0.15, 0.2) is 0 Å². The lowest BCUT2D eigenvalue weighted by molar-refractivity contribution is 0.241. The smallest absolute Gasteiger partial charge is 0.314 e. The third kappa shape index (κ3) is 5.36. The highest BCUT2D eigenvalue weighted by molar-refractivity contribution is 6.30. The number of aromatic nitrogens is 2. The highest BCUT2D eigenvalue weighted by Gasteiger charge is 2.01. The molecule has 5 nitrogen and oxygen atoms in total. The molecule has 2 aromatic carbocycles. The molecule has 0 aliphatic heterocycles. The van der Waals surface area contributed by atoms with Gasteiger partial charge in [-0.15, -0.1) is 0 Å². The molecule has 2 N–H and O–H groups in total. The molecule has 0 saturated heterocycles. The van der Waals surface area contributed by atoms with Gasteiger partial charge in [-0.1, -0.05) is 35.9 Å². The number of urea groups is 1. The van der Waals surface area contributed by atoms with Crippen molar-refractivity contribution in [1.29, 1.82) is 0 Å². The van der Waals surface area contributed by atoms with Crippen LogP contribution in [0.5, 0.6) is 0 Å². The Morgan fingerprint density at radius 1 is 0.962 bits per heavy atom. The summed E-state index contributed by atoms with van der Waals surface area (Å²) in [7, 11) is 0. The fourth-order valence-electron chi connectivity index (χ4n) is 2.63. The van der Waals surface area contributed by atoms with E-state index in [1.807, 2.05) is 53.3 Å². The zero-order valence-corrected chi connectivity index (χ0v) is 15.1. The first-order chi connectivity index (χ1) is 12.7. The number of hydrogen-bond donors (Lipinski definition) is 2. The van der Waals surface area contributed by atoms with Gasteiger partial charge in [-0.25, -0.2) is 9.48 Å². The molecule has 2 amide bonds. The van der Waals surface area contributed by atoms with E-state index in [-0.39, 0.29) is 6.03 Å². The van der Waals surface area contributed by atoms with Crippen molar-refractivity contribution in [3.8, 4) is 5.69 Å². The fourth-order valence-corrected chi connectivity index (χ4v) is 2.85. The molecule has 134 valence electrons. The van der Waals surface area contributed by atoms with Gasteiger partial charge in [0, 0.05) is 30.5 Å². The molecule has 0 aliphatic rings. The van der Waals surface area contributed by atoms with E-state index in [1.165, 1.54) is 5.56 Å². The largest absolute Gasteiger partial charge is 0.338 e. The molecule has 0 saturated carbocycles. The van der Waals surface area contributed by atoms with Crippen LogP contribution >= 0.6 is 11.6 Å². The van der Waals surface area contributed by atoms with Crippen molar-refractivity contribution >= 4 is 17.6 Å². The van der Waals surface area contributed by atoms with Gasteiger partial charge in [0.2, 0.25) is 0 Å². The third-order valence-corrected chi connectivity index (χ3v) is 4.23. The summed E-state index contributed by atoms with van der Waals surface area (Å²) in [5, 5.41) is 10.7. The summed E-state index contributed by atoms with van der Waals surface area (Å²) in [4.78, 5) is 11.8. The molecule has 0 fully saturated rings. The molecule has 6 heteroatoms. The van der Waals surface area contributed by atoms with Gasteiger partial charge in [0.05, 0.1) is 5.69 Å². The molecule has 0 radical (unpaired) electrons. The maximum atomic E-state index is 11.8. The standard InChI is InChI=1S/C20H21ClN4O/c21-18-4-1-3-17(15-18)10-13-23-20(26)22-12-9-16-5-7-19(8-6-16)25-14-2-11-24-25/h1-8,11,14-15H,9-10,12-13H2,(H2,22,23,26). The number of nitrogens with zero attached hydrogens (tertiary/aromatic N) is 2. The molecule has 0 aliphatic carbocycles. The van der Waals surface area contributed by atoms with Gasteiger partial charge >= 0.3 is 6.03 Å². The second-order valence-electron chi connectivity index (χ2n) is 5.93. The number of benzene rings is 2. The molecule has 0 atom stereocenters. The van der Waals surface area contributed by atoms with Gasteiger partial charge in [-0.3, -0.25) is 0 Å². The summed E-state index contributed by atoms with van der Waals surface area (Å²) in [6, 6.07) is 17.5. The van der Waals surface area contributed by atoms with Crippen LogP contribution < -0.4 is 10.6 Å². The van der Waals surface area contributed by atoms with E-state index in [2.05, 4.69) is 27.9 Å². The van der Waals surface area contributed by atoms with Crippen LogP contribution in [-0.4, -0.2) is 28.9 Å². The van der Waals surface area contributed by atoms with E-state index >= 15 is 0 Å². The summed E-state index contributed by atoms with van der Waals surface area (Å²) in [6.07, 6.45) is 5.19. The maximum absolute atomic E-state index is 11.8. The Morgan fingerprint density at radius 3 is 2.35 bits per heavy atom. The first-order valence-corrected chi connectivity index (χ1v) is 8.93. The zero-order chi connectivity index (χ0) is 18.2. The molecule has 0 bridgehead atoms. The van der Waals surface area contributed by atoms with Crippen molar-refractivity contribution in [1.82, 2.24) is 20.4 Å². The number of amides is 2. The third-order valence-electron chi connectivity index (χ3n) is 3.99. The second-order valence-corrected chi connectivity index (χ2v) is 6.37. The van der Waals surface area contributed by atoms with Crippen molar-refractivity contribution in [2.24, 2.45) is 0 Å². The Labute approximate surface area is 158 Å². The summed E-state index contributed by atoms with van der Waals surface area (Å²) in [5.74, 6) is 0. The summed E-state index contributed by atoms with van der Waals surface area (Å²) >= 11 is 5.95. The minimum absolute atomic E-state index is 0.153. The Kier molecular flexibility index (Phi) is 6.28. The van der Waals surface area contributed by atoms with E-state index in [1.54, 1.807) is 6.20 Å². The monoisotopic (exact) mass is 368 g/mol. The van der Waals surface area contributed by atoms with E-state index in [4.69, 9.17) is 11.6 Å². The average molecular weight is 369 g/mol. The summed E-state index contributed by atoms with van der Waals surface area (Å²) < 4.78 is 1.81. The van der Waals surface area contributed by atoms with Crippen LogP contribution in [0.1, 0.15) is 11.1 Å². The predicted octanol–water partition coefficient (Wildman–Crippen LogP) is 3.61. The van der Waals surface area contributed by atoms with E-state index in [9.17, 15) is 4.79 Å². The molecular weight excluding hydrogens is 348 g/mol. The molecule has 3 rings (SSSR count). The van der Waals surface area contributed by atoms with Crippen molar-refractivity contribution in [3.05, 3.63) is 83.1 Å². The normalized spacial score (nSPS) is 10.5. The van der Waals surface area contributed by atoms with Crippen LogP contribution in [0.2, 0.25) is 5.02 Å². The summed E-state index contributed by atoms with van der Waals surface area (Å²) in [5.41, 5.74) is 3.29. The Hall–Kier alpha value is -2.79. The minimum Gasteiger partial charge on any atom is -0.338 e. The maximum Gasteiger partial charge on any atom is 0.314 e. The lowest BCUT2D eigenvalue weighted by atomic mass is 10.1. The molecular formula is C20H21ClN4O. The number of carbonyl (C=O) groups is 1. The number of halogens is 1. The van der Waals surface area contributed by atoms with Crippen LogP contribution in [0.4, 0.5) is 4.79 Å². The van der Waals surface area contributed by atoms with Gasteiger partial charge in [-0.05, 0) is 54.3 Å². The van der Waals surface area contributed by atoms with E-state index < -0.39 is 0 Å². The highest BCUT2D eigenvalue weighted by Crippen LogP contribution is 2.11. The lowest BCUT2D eigenvalue weighted by Gasteiger charge is -2.08. The second kappa shape index (κ2) is 9.06. The van der Waals surface area contributed by atoms with Crippen molar-refractivity contribution in [3.63, 3.8) is 0 Å². The van der Waals surface area contributed by atoms with Gasteiger partial charge in [0.1, 0.15) is 0 Å². The van der Waals surface area contributed by atoms with Crippen molar-refractivity contribution in [2.75, 3.05) is 13.1 Å². The fraction of sp³-hybridized carbons (Fsp3) is 0.200. The molecule has 1 aromatic heterocycles. The first kappa shape index (κ1) is 18.0. The topological polar surface area (TPSA) is 59.0 Å². The van der Waals surface area contributed by atoms with Crippen LogP contribution in [0.25, 0.3) is 5.69 Å². The van der Waals surface area contributed by atoms with Crippen molar-refractivity contribution < 1.29 is 4.79 Å². The molecule has 3 aromatic rings. The Balaban J connectivity index is 1.36. The van der Waals surface area contributed by atoms with Crippen LogP contribution in [-0.2, 0) is 12.8 Å². The van der Waals surface area contributed by atoms with Crippen molar-refractivity contribution in [2.45, 2.75) is 12.8 Å². The van der Waals surface area contributed by atoms with Crippen LogP contribution in [0, 0.1) is 0 Å². The highest BCUT2D eigenvalue weighted by atomic mass is 35.5. The van der Waals surface area contributed by atoms with E-state index in [0.29, 0.717) is 18.1 Å². The summed E-state index contributed by atoms with van der Waals surface area (Å²) in [6.45, 7) is 1.16. The number of nitrogens with one attached hydrogen (secondary N) is 2. The SMILES string of the molecule is O=C(NCCc1ccc(-n2cccn2)cc1)NCCc1cccc(Cl)c1. The van der Waals surface area contributed by atoms with Gasteiger partial charge in [-0.2, -0.15) is 5.10 Å². The zero-order valence-electron chi connectivity index (χ0n) is 14.4. The molecule has 1 heterocycles. The minimum atomic E-state index is -0.153. The van der Waals surface area contributed by atoms with Gasteiger partial charge < -0.3 is 10.6 Å². The Morgan fingerprint density at radius 2 is 1.69 bits per heavy atom. The van der Waals surface area contributed by atoms with Crippen LogP contribution in [0.3, 0.4) is 0 Å². The predicted molar refractivity (Wildman–Crippen MR) is 104 cm³/mol. The molecule has 26 heavy (non-hydrogen) atoms. The number of rotatable bonds is 7. The lowest BCUT2D eigenvalue weighted by Crippen LogP contribution is -2.37. The molecule has 0 spiro atoms. The first-order valence-electron chi connectivity index (χ1n) is 8.56. The Bertz CT molecular complexity index is 831. The van der Waals surface area contributed by atoms with Crippen LogP contribution in [0.15, 0.2) is 67.0 Å². The quantitative estimate of drug-likeness (QED) is 0.669. The number of hydrogen-bond acceptors (Lipinski definition) is 2. The number of carbonyl (C=O) groups excluding carboxylic acids is 1.